The number of nitrogens with zero attached hydrogens (tertiary/aromatic N) is 2. The zero-order valence-electron chi connectivity index (χ0n) is 17.1. The lowest BCUT2D eigenvalue weighted by Gasteiger charge is -2.06. The minimum atomic E-state index is 0.00803. The molecule has 4 nitrogen and oxygen atoms in total. The first-order valence-electron chi connectivity index (χ1n) is 10.2. The standard InChI is InChI=1S/C26H25N3O/c1-20-12-14-21(15-13-20)16-25(30)27-17-24-19-29(18-22-8-4-2-5-9-22)28-26(24)23-10-6-3-7-11-23/h2-15,19H,16-18H2,1H3,(H,27,30). The Labute approximate surface area is 177 Å². The molecule has 30 heavy (non-hydrogen) atoms. The second-order valence-corrected chi connectivity index (χ2v) is 7.49. The number of hydrogen-bond donors (Lipinski definition) is 1. The number of carbonyl (C=O) groups excluding carboxylic acids is 1. The number of benzene rings is 3. The highest BCUT2D eigenvalue weighted by atomic mass is 16.1. The van der Waals surface area contributed by atoms with Gasteiger partial charge in [-0.05, 0) is 18.1 Å². The van der Waals surface area contributed by atoms with Crippen LogP contribution in [0.4, 0.5) is 0 Å². The third-order valence-electron chi connectivity index (χ3n) is 5.03. The summed E-state index contributed by atoms with van der Waals surface area (Å²) in [5.41, 5.74) is 6.36. The first kappa shape index (κ1) is 19.6. The molecule has 3 aromatic carbocycles. The van der Waals surface area contributed by atoms with Gasteiger partial charge in [0.05, 0.1) is 18.7 Å². The Balaban J connectivity index is 1.50. The Kier molecular flexibility index (Phi) is 6.04. The van der Waals surface area contributed by atoms with E-state index in [1.54, 1.807) is 0 Å². The molecule has 0 saturated carbocycles. The van der Waals surface area contributed by atoms with Gasteiger partial charge >= 0.3 is 0 Å². The summed E-state index contributed by atoms with van der Waals surface area (Å²) >= 11 is 0. The fourth-order valence-electron chi connectivity index (χ4n) is 3.43. The molecule has 0 saturated heterocycles. The summed E-state index contributed by atoms with van der Waals surface area (Å²) in [5, 5.41) is 7.87. The molecule has 1 heterocycles. The number of rotatable bonds is 7. The van der Waals surface area contributed by atoms with Crippen molar-refractivity contribution in [2.45, 2.75) is 26.4 Å². The predicted molar refractivity (Wildman–Crippen MR) is 120 cm³/mol. The van der Waals surface area contributed by atoms with Crippen molar-refractivity contribution in [2.24, 2.45) is 0 Å². The van der Waals surface area contributed by atoms with E-state index in [0.29, 0.717) is 19.5 Å². The third kappa shape index (κ3) is 5.03. The van der Waals surface area contributed by atoms with Gasteiger partial charge in [-0.15, -0.1) is 0 Å². The smallest absolute Gasteiger partial charge is 0.224 e. The molecule has 0 fully saturated rings. The van der Waals surface area contributed by atoms with Crippen LogP contribution >= 0.6 is 0 Å². The molecule has 150 valence electrons. The van der Waals surface area contributed by atoms with Crippen LogP contribution in [0.2, 0.25) is 0 Å². The van der Waals surface area contributed by atoms with Crippen LogP contribution in [0.5, 0.6) is 0 Å². The molecule has 1 amide bonds. The zero-order chi connectivity index (χ0) is 20.8. The number of aromatic nitrogens is 2. The fraction of sp³-hybridized carbons (Fsp3) is 0.154. The van der Waals surface area contributed by atoms with Crippen LogP contribution in [-0.2, 0) is 24.3 Å². The Hall–Kier alpha value is -3.66. The number of nitrogens with one attached hydrogen (secondary N) is 1. The first-order chi connectivity index (χ1) is 14.7. The maximum absolute atomic E-state index is 12.5. The van der Waals surface area contributed by atoms with Crippen molar-refractivity contribution in [3.05, 3.63) is 113 Å². The van der Waals surface area contributed by atoms with E-state index < -0.39 is 0 Å². The van der Waals surface area contributed by atoms with Crippen molar-refractivity contribution < 1.29 is 4.79 Å². The quantitative estimate of drug-likeness (QED) is 0.490. The molecular formula is C26H25N3O. The Morgan fingerprint density at radius 1 is 0.867 bits per heavy atom. The zero-order valence-corrected chi connectivity index (χ0v) is 17.1. The van der Waals surface area contributed by atoms with Gasteiger partial charge in [0.15, 0.2) is 0 Å². The molecule has 1 N–H and O–H groups in total. The van der Waals surface area contributed by atoms with Gasteiger partial charge in [0.1, 0.15) is 0 Å². The molecule has 0 spiro atoms. The van der Waals surface area contributed by atoms with Crippen LogP contribution in [0, 0.1) is 6.92 Å². The minimum Gasteiger partial charge on any atom is -0.352 e. The number of amides is 1. The number of hydrogen-bond acceptors (Lipinski definition) is 2. The van der Waals surface area contributed by atoms with E-state index in [9.17, 15) is 4.79 Å². The predicted octanol–water partition coefficient (Wildman–Crippen LogP) is 4.77. The summed E-state index contributed by atoms with van der Waals surface area (Å²) in [5.74, 6) is 0.00803. The highest BCUT2D eigenvalue weighted by molar-refractivity contribution is 5.78. The molecular weight excluding hydrogens is 370 g/mol. The van der Waals surface area contributed by atoms with Crippen LogP contribution < -0.4 is 5.32 Å². The van der Waals surface area contributed by atoms with Crippen molar-refractivity contribution in [3.8, 4) is 11.3 Å². The van der Waals surface area contributed by atoms with Crippen molar-refractivity contribution in [3.63, 3.8) is 0 Å². The van der Waals surface area contributed by atoms with Crippen LogP contribution in [0.1, 0.15) is 22.3 Å². The Bertz CT molecular complexity index is 1100. The maximum Gasteiger partial charge on any atom is 0.224 e. The maximum atomic E-state index is 12.5. The van der Waals surface area contributed by atoms with Crippen molar-refractivity contribution in [1.82, 2.24) is 15.1 Å². The fourth-order valence-corrected chi connectivity index (χ4v) is 3.43. The molecule has 4 heteroatoms. The van der Waals surface area contributed by atoms with Crippen molar-refractivity contribution >= 4 is 5.91 Å². The molecule has 4 aromatic rings. The van der Waals surface area contributed by atoms with E-state index in [-0.39, 0.29) is 5.91 Å². The van der Waals surface area contributed by atoms with Gasteiger partial charge in [-0.25, -0.2) is 0 Å². The van der Waals surface area contributed by atoms with E-state index in [1.165, 1.54) is 11.1 Å². The Morgan fingerprint density at radius 2 is 1.53 bits per heavy atom. The number of aryl methyl sites for hydroxylation is 1. The van der Waals surface area contributed by atoms with Gasteiger partial charge < -0.3 is 5.32 Å². The lowest BCUT2D eigenvalue weighted by atomic mass is 10.1. The molecule has 0 aliphatic rings. The van der Waals surface area contributed by atoms with E-state index in [2.05, 4.69) is 17.4 Å². The second-order valence-electron chi connectivity index (χ2n) is 7.49. The molecule has 0 aliphatic carbocycles. The minimum absolute atomic E-state index is 0.00803. The summed E-state index contributed by atoms with van der Waals surface area (Å²) in [6.07, 6.45) is 2.40. The van der Waals surface area contributed by atoms with Crippen LogP contribution in [-0.4, -0.2) is 15.7 Å². The van der Waals surface area contributed by atoms with Gasteiger partial charge in [-0.1, -0.05) is 90.5 Å². The molecule has 4 rings (SSSR count). The average molecular weight is 396 g/mol. The van der Waals surface area contributed by atoms with E-state index in [1.807, 2.05) is 90.6 Å². The highest BCUT2D eigenvalue weighted by Crippen LogP contribution is 2.22. The lowest BCUT2D eigenvalue weighted by Crippen LogP contribution is -2.24. The first-order valence-corrected chi connectivity index (χ1v) is 10.2. The molecule has 0 aliphatic heterocycles. The SMILES string of the molecule is Cc1ccc(CC(=O)NCc2cn(Cc3ccccc3)nc2-c2ccccc2)cc1. The van der Waals surface area contributed by atoms with Crippen molar-refractivity contribution in [1.29, 1.82) is 0 Å². The van der Waals surface area contributed by atoms with E-state index in [4.69, 9.17) is 5.10 Å². The average Bonchev–Trinajstić information content (AvgIpc) is 3.18. The summed E-state index contributed by atoms with van der Waals surface area (Å²) < 4.78 is 1.94. The summed E-state index contributed by atoms with van der Waals surface area (Å²) in [4.78, 5) is 12.5. The topological polar surface area (TPSA) is 46.9 Å². The monoisotopic (exact) mass is 395 g/mol. The Morgan fingerprint density at radius 3 is 2.23 bits per heavy atom. The molecule has 0 bridgehead atoms. The van der Waals surface area contributed by atoms with Crippen LogP contribution in [0.15, 0.2) is 91.1 Å². The summed E-state index contributed by atoms with van der Waals surface area (Å²) in [7, 11) is 0. The molecule has 0 atom stereocenters. The summed E-state index contributed by atoms with van der Waals surface area (Å²) in [6.45, 7) is 3.18. The largest absolute Gasteiger partial charge is 0.352 e. The third-order valence-corrected chi connectivity index (χ3v) is 5.03. The molecule has 0 unspecified atom stereocenters. The van der Waals surface area contributed by atoms with E-state index in [0.717, 1.165) is 22.4 Å². The van der Waals surface area contributed by atoms with Crippen LogP contribution in [0.25, 0.3) is 11.3 Å². The number of carbonyl (C=O) groups is 1. The lowest BCUT2D eigenvalue weighted by molar-refractivity contribution is -0.120. The summed E-state index contributed by atoms with van der Waals surface area (Å²) in [6, 6.07) is 28.4. The van der Waals surface area contributed by atoms with Crippen LogP contribution in [0.3, 0.4) is 0 Å². The normalized spacial score (nSPS) is 10.7. The van der Waals surface area contributed by atoms with Gasteiger partial charge in [0, 0.05) is 23.9 Å². The second kappa shape index (κ2) is 9.23. The van der Waals surface area contributed by atoms with Crippen molar-refractivity contribution in [2.75, 3.05) is 0 Å². The molecule has 1 aromatic heterocycles. The highest BCUT2D eigenvalue weighted by Gasteiger charge is 2.13. The van der Waals surface area contributed by atoms with Gasteiger partial charge in [-0.3, -0.25) is 9.48 Å². The van der Waals surface area contributed by atoms with E-state index >= 15 is 0 Å². The molecule has 0 radical (unpaired) electrons. The van der Waals surface area contributed by atoms with Gasteiger partial charge in [0.25, 0.3) is 0 Å². The van der Waals surface area contributed by atoms with Gasteiger partial charge in [-0.2, -0.15) is 5.10 Å². The van der Waals surface area contributed by atoms with Gasteiger partial charge in [0.2, 0.25) is 5.91 Å².